The molecule has 0 unspecified atom stereocenters. The first kappa shape index (κ1) is 17.7. The van der Waals surface area contributed by atoms with Crippen LogP contribution in [0, 0.1) is 36.0 Å². The van der Waals surface area contributed by atoms with Crippen molar-refractivity contribution in [3.05, 3.63) is 57.3 Å². The molecule has 0 aliphatic rings. The van der Waals surface area contributed by atoms with Crippen LogP contribution >= 0.6 is 15.9 Å². The number of halogens is 6. The van der Waals surface area contributed by atoms with Crippen LogP contribution < -0.4 is 4.18 Å². The van der Waals surface area contributed by atoms with E-state index in [0.717, 1.165) is 12.1 Å². The van der Waals surface area contributed by atoms with Crippen molar-refractivity contribution in [1.82, 2.24) is 0 Å². The Morgan fingerprint density at radius 2 is 1.39 bits per heavy atom. The van der Waals surface area contributed by atoms with E-state index < -0.39 is 49.8 Å². The lowest BCUT2D eigenvalue weighted by Gasteiger charge is -2.11. The van der Waals surface area contributed by atoms with Crippen molar-refractivity contribution >= 4 is 26.0 Å². The van der Waals surface area contributed by atoms with Crippen molar-refractivity contribution in [3.8, 4) is 5.75 Å². The van der Waals surface area contributed by atoms with Gasteiger partial charge in [-0.15, -0.1) is 0 Å². The van der Waals surface area contributed by atoms with Crippen LogP contribution in [0.2, 0.25) is 0 Å². The third-order valence-corrected chi connectivity index (χ3v) is 4.89. The highest BCUT2D eigenvalue weighted by Crippen LogP contribution is 2.31. The molecule has 2 rings (SSSR count). The van der Waals surface area contributed by atoms with Gasteiger partial charge in [0.1, 0.15) is 4.90 Å². The fourth-order valence-corrected chi connectivity index (χ4v) is 2.85. The van der Waals surface area contributed by atoms with E-state index in [4.69, 9.17) is 0 Å². The zero-order valence-electron chi connectivity index (χ0n) is 11.1. The molecular weight excluding hydrogens is 411 g/mol. The summed E-state index contributed by atoms with van der Waals surface area (Å²) in [5, 5.41) is 0. The summed E-state index contributed by atoms with van der Waals surface area (Å²) in [5.41, 5.74) is 0.451. The summed E-state index contributed by atoms with van der Waals surface area (Å²) in [7, 11) is -4.80. The molecule has 0 aliphatic heterocycles. The Bertz CT molecular complexity index is 870. The lowest BCUT2D eigenvalue weighted by Crippen LogP contribution is -2.14. The second-order valence-corrected chi connectivity index (χ2v) is 6.75. The molecule has 2 aromatic rings. The average Bonchev–Trinajstić information content (AvgIpc) is 2.50. The van der Waals surface area contributed by atoms with Gasteiger partial charge in [-0.25, -0.2) is 13.2 Å². The van der Waals surface area contributed by atoms with Gasteiger partial charge in [0.25, 0.3) is 0 Å². The highest BCUT2D eigenvalue weighted by molar-refractivity contribution is 9.10. The fourth-order valence-electron chi connectivity index (χ4n) is 1.59. The molecule has 0 heterocycles. The largest absolute Gasteiger partial charge is 0.372 e. The highest BCUT2D eigenvalue weighted by Gasteiger charge is 2.31. The lowest BCUT2D eigenvalue weighted by molar-refractivity contribution is 0.346. The minimum atomic E-state index is -4.80. The Kier molecular flexibility index (Phi) is 4.67. The van der Waals surface area contributed by atoms with Gasteiger partial charge in [-0.3, -0.25) is 0 Å². The fraction of sp³-hybridized carbons (Fsp3) is 0.0769. The number of hydrogen-bond acceptors (Lipinski definition) is 3. The highest BCUT2D eigenvalue weighted by atomic mass is 79.9. The summed E-state index contributed by atoms with van der Waals surface area (Å²) in [6, 6.07) is 3.47. The van der Waals surface area contributed by atoms with E-state index in [0.29, 0.717) is 10.0 Å². The normalized spacial score (nSPS) is 11.6. The lowest BCUT2D eigenvalue weighted by atomic mass is 10.2. The first-order chi connectivity index (χ1) is 10.6. The van der Waals surface area contributed by atoms with Crippen molar-refractivity contribution in [2.24, 2.45) is 0 Å². The summed E-state index contributed by atoms with van der Waals surface area (Å²) < 4.78 is 94.6. The maximum atomic E-state index is 13.5. The molecule has 0 amide bonds. The molecule has 10 heteroatoms. The molecule has 3 nitrogen and oxygen atoms in total. The van der Waals surface area contributed by atoms with Gasteiger partial charge in [0.15, 0.2) is 0 Å². The SMILES string of the molecule is Cc1cc(S(=O)(=O)Oc2c(F)c(F)c(F)c(F)c2F)ccc1Br. The van der Waals surface area contributed by atoms with Crippen molar-refractivity contribution in [2.45, 2.75) is 11.8 Å². The Morgan fingerprint density at radius 3 is 1.87 bits per heavy atom. The van der Waals surface area contributed by atoms with Crippen LogP contribution in [0.4, 0.5) is 22.0 Å². The van der Waals surface area contributed by atoms with Crippen LogP contribution in [0.5, 0.6) is 5.75 Å². The molecule has 124 valence electrons. The molecule has 0 saturated heterocycles. The molecule has 0 aliphatic carbocycles. The summed E-state index contributed by atoms with van der Waals surface area (Å²) in [6.45, 7) is 1.53. The number of hydrogen-bond donors (Lipinski definition) is 0. The molecular formula is C13H6BrF5O3S. The van der Waals surface area contributed by atoms with Crippen LogP contribution in [0.15, 0.2) is 27.6 Å². The molecule has 0 saturated carbocycles. The van der Waals surface area contributed by atoms with Crippen LogP contribution in [0.3, 0.4) is 0 Å². The van der Waals surface area contributed by atoms with Gasteiger partial charge in [-0.1, -0.05) is 15.9 Å². The van der Waals surface area contributed by atoms with E-state index in [2.05, 4.69) is 20.1 Å². The van der Waals surface area contributed by atoms with Gasteiger partial charge < -0.3 is 4.18 Å². The smallest absolute Gasteiger partial charge is 0.339 e. The van der Waals surface area contributed by atoms with E-state index in [1.807, 2.05) is 0 Å². The van der Waals surface area contributed by atoms with Crippen LogP contribution in [-0.2, 0) is 10.1 Å². The van der Waals surface area contributed by atoms with Crippen molar-refractivity contribution in [2.75, 3.05) is 0 Å². The molecule has 0 fully saturated rings. The van der Waals surface area contributed by atoms with Gasteiger partial charge in [-0.05, 0) is 30.7 Å². The van der Waals surface area contributed by atoms with Crippen molar-refractivity contribution in [1.29, 1.82) is 0 Å². The van der Waals surface area contributed by atoms with Gasteiger partial charge in [-0.2, -0.15) is 17.2 Å². The van der Waals surface area contributed by atoms with E-state index in [9.17, 15) is 30.4 Å². The molecule has 2 aromatic carbocycles. The Balaban J connectivity index is 2.56. The second kappa shape index (κ2) is 6.08. The predicted molar refractivity (Wildman–Crippen MR) is 72.9 cm³/mol. The molecule has 0 spiro atoms. The Morgan fingerprint density at radius 1 is 0.913 bits per heavy atom. The first-order valence-electron chi connectivity index (χ1n) is 5.78. The molecule has 0 aromatic heterocycles. The summed E-state index contributed by atoms with van der Waals surface area (Å²) >= 11 is 3.12. The van der Waals surface area contributed by atoms with E-state index in [-0.39, 0.29) is 0 Å². The van der Waals surface area contributed by atoms with Crippen LogP contribution in [0.25, 0.3) is 0 Å². The maximum Gasteiger partial charge on any atom is 0.339 e. The number of benzene rings is 2. The molecule has 0 radical (unpaired) electrons. The minimum Gasteiger partial charge on any atom is -0.372 e. The second-order valence-electron chi connectivity index (χ2n) is 4.35. The van der Waals surface area contributed by atoms with E-state index >= 15 is 0 Å². The van der Waals surface area contributed by atoms with Crippen LogP contribution in [0.1, 0.15) is 5.56 Å². The van der Waals surface area contributed by atoms with Gasteiger partial charge in [0.05, 0.1) is 0 Å². The first-order valence-corrected chi connectivity index (χ1v) is 7.98. The maximum absolute atomic E-state index is 13.5. The molecule has 23 heavy (non-hydrogen) atoms. The Hall–Kier alpha value is -1.68. The molecule has 0 atom stereocenters. The quantitative estimate of drug-likeness (QED) is 0.325. The molecule has 0 N–H and O–H groups in total. The van der Waals surface area contributed by atoms with E-state index in [1.165, 1.54) is 13.0 Å². The minimum absolute atomic E-state index is 0.451. The zero-order valence-corrected chi connectivity index (χ0v) is 13.5. The summed E-state index contributed by atoms with van der Waals surface area (Å²) in [6.07, 6.45) is 0. The van der Waals surface area contributed by atoms with Crippen molar-refractivity contribution in [3.63, 3.8) is 0 Å². The number of rotatable bonds is 3. The summed E-state index contributed by atoms with van der Waals surface area (Å²) in [4.78, 5) is -0.512. The van der Waals surface area contributed by atoms with Gasteiger partial charge >= 0.3 is 10.1 Å². The summed E-state index contributed by atoms with van der Waals surface area (Å²) in [5.74, 6) is -13.7. The van der Waals surface area contributed by atoms with Gasteiger partial charge in [0, 0.05) is 4.47 Å². The van der Waals surface area contributed by atoms with Gasteiger partial charge in [0.2, 0.25) is 34.8 Å². The predicted octanol–water partition coefficient (Wildman–Crippen LogP) is 4.22. The van der Waals surface area contributed by atoms with Crippen LogP contribution in [-0.4, -0.2) is 8.42 Å². The van der Waals surface area contributed by atoms with Crippen molar-refractivity contribution < 1.29 is 34.6 Å². The third-order valence-electron chi connectivity index (χ3n) is 2.78. The average molecular weight is 417 g/mol. The third kappa shape index (κ3) is 3.18. The Labute approximate surface area is 135 Å². The van der Waals surface area contributed by atoms with E-state index in [1.54, 1.807) is 0 Å². The zero-order chi connectivity index (χ0) is 17.5. The number of aryl methyl sites for hydroxylation is 1. The monoisotopic (exact) mass is 416 g/mol. The standard InChI is InChI=1S/C13H6BrF5O3S/c1-5-4-6(2-3-7(5)14)23(20,21)22-13-11(18)9(16)8(15)10(17)12(13)19/h2-4H,1H3. The topological polar surface area (TPSA) is 43.4 Å². The molecule has 0 bridgehead atoms.